The first-order chi connectivity index (χ1) is 17.3. The molecular weight excluding hydrogens is 448 g/mol. The number of hydrogen-bond donors (Lipinski definition) is 2. The number of carbonyl (C=O) groups is 1. The van der Waals surface area contributed by atoms with Crippen molar-refractivity contribution in [2.45, 2.75) is 40.2 Å². The summed E-state index contributed by atoms with van der Waals surface area (Å²) in [6.45, 7) is 15.7. The Bertz CT molecular complexity index is 1360. The number of anilines is 2. The monoisotopic (exact) mass is 480 g/mol. The Kier molecular flexibility index (Phi) is 5.83. The lowest BCUT2D eigenvalue weighted by Crippen LogP contribution is -2.44. The van der Waals surface area contributed by atoms with Gasteiger partial charge < -0.3 is 15.4 Å². The fourth-order valence-electron chi connectivity index (χ4n) is 5.32. The van der Waals surface area contributed by atoms with Crippen molar-refractivity contribution in [1.29, 1.82) is 0 Å². The molecule has 36 heavy (non-hydrogen) atoms. The van der Waals surface area contributed by atoms with E-state index < -0.39 is 5.54 Å². The highest BCUT2D eigenvalue weighted by molar-refractivity contribution is 6.03. The molecule has 5 rings (SSSR count). The van der Waals surface area contributed by atoms with Crippen molar-refractivity contribution in [3.63, 3.8) is 0 Å². The highest BCUT2D eigenvalue weighted by Crippen LogP contribution is 2.58. The maximum atomic E-state index is 13.9. The number of hydrogen-bond acceptors (Lipinski definition) is 5. The molecule has 0 fully saturated rings. The Balaban J connectivity index is 1.91. The number of allylic oxidation sites excluding steroid dienone is 1. The molecule has 0 aliphatic carbocycles. The van der Waals surface area contributed by atoms with E-state index in [0.29, 0.717) is 17.1 Å². The molecule has 6 heteroatoms. The van der Waals surface area contributed by atoms with Gasteiger partial charge in [0.25, 0.3) is 5.91 Å². The van der Waals surface area contributed by atoms with E-state index in [4.69, 9.17) is 9.84 Å². The Labute approximate surface area is 212 Å². The van der Waals surface area contributed by atoms with Crippen molar-refractivity contribution in [2.75, 3.05) is 23.7 Å². The summed E-state index contributed by atoms with van der Waals surface area (Å²) >= 11 is 0. The van der Waals surface area contributed by atoms with Gasteiger partial charge in [0.2, 0.25) is 0 Å². The minimum absolute atomic E-state index is 0.149. The summed E-state index contributed by atoms with van der Waals surface area (Å²) in [4.78, 5) is 13.9. The smallest absolute Gasteiger partial charge is 0.275 e. The summed E-state index contributed by atoms with van der Waals surface area (Å²) in [7, 11) is 0. The van der Waals surface area contributed by atoms with Gasteiger partial charge in [-0.25, -0.2) is 5.01 Å². The van der Waals surface area contributed by atoms with Crippen molar-refractivity contribution < 1.29 is 9.53 Å². The minimum Gasteiger partial charge on any atom is -0.456 e. The van der Waals surface area contributed by atoms with Crippen LogP contribution < -0.4 is 15.4 Å². The fraction of sp³-hybridized carbons (Fsp3) is 0.267. The van der Waals surface area contributed by atoms with Crippen molar-refractivity contribution in [3.8, 4) is 11.5 Å². The number of ether oxygens (including phenoxy) is 1. The number of fused-ring (bicyclic) bond motifs is 6. The van der Waals surface area contributed by atoms with Crippen molar-refractivity contribution in [2.24, 2.45) is 5.10 Å². The van der Waals surface area contributed by atoms with Gasteiger partial charge in [-0.2, -0.15) is 5.10 Å². The zero-order chi connectivity index (χ0) is 25.6. The van der Waals surface area contributed by atoms with E-state index in [9.17, 15) is 4.79 Å². The Morgan fingerprint density at radius 1 is 0.972 bits per heavy atom. The second-order valence-corrected chi connectivity index (χ2v) is 9.45. The molecule has 0 bridgehead atoms. The predicted octanol–water partition coefficient (Wildman–Crippen LogP) is 6.58. The van der Waals surface area contributed by atoms with Crippen LogP contribution in [0.1, 0.15) is 58.9 Å². The number of benzene rings is 3. The summed E-state index contributed by atoms with van der Waals surface area (Å²) < 4.78 is 6.58. The van der Waals surface area contributed by atoms with Gasteiger partial charge in [-0.3, -0.25) is 4.79 Å². The van der Waals surface area contributed by atoms with E-state index in [2.05, 4.69) is 57.0 Å². The van der Waals surface area contributed by atoms with Gasteiger partial charge >= 0.3 is 0 Å². The molecule has 6 nitrogen and oxygen atoms in total. The number of aryl methyl sites for hydroxylation is 2. The minimum atomic E-state index is -0.979. The average Bonchev–Trinajstić information content (AvgIpc) is 3.09. The molecule has 0 saturated heterocycles. The lowest BCUT2D eigenvalue weighted by atomic mass is 9.74. The lowest BCUT2D eigenvalue weighted by molar-refractivity contribution is 0.0675. The molecule has 1 amide bonds. The predicted molar refractivity (Wildman–Crippen MR) is 147 cm³/mol. The van der Waals surface area contributed by atoms with Crippen LogP contribution in [0.2, 0.25) is 0 Å². The molecule has 2 heterocycles. The van der Waals surface area contributed by atoms with E-state index >= 15 is 0 Å². The number of rotatable bonds is 6. The summed E-state index contributed by atoms with van der Waals surface area (Å²) in [5, 5.41) is 13.2. The zero-order valence-corrected chi connectivity index (χ0v) is 21.5. The molecule has 3 aromatic rings. The van der Waals surface area contributed by atoms with Crippen LogP contribution >= 0.6 is 0 Å². The van der Waals surface area contributed by atoms with Crippen LogP contribution in [0.15, 0.2) is 65.8 Å². The molecule has 0 saturated carbocycles. The average molecular weight is 481 g/mol. The van der Waals surface area contributed by atoms with Crippen molar-refractivity contribution in [1.82, 2.24) is 5.01 Å². The van der Waals surface area contributed by atoms with E-state index in [1.807, 2.05) is 43.3 Å². The van der Waals surface area contributed by atoms with Crippen molar-refractivity contribution in [3.05, 3.63) is 94.1 Å². The van der Waals surface area contributed by atoms with Gasteiger partial charge in [0.15, 0.2) is 0 Å². The molecule has 3 aromatic carbocycles. The second-order valence-electron chi connectivity index (χ2n) is 9.45. The molecule has 1 spiro atoms. The molecule has 2 aliphatic heterocycles. The molecular formula is C30H32N4O2. The van der Waals surface area contributed by atoms with Gasteiger partial charge in [-0.1, -0.05) is 24.8 Å². The van der Waals surface area contributed by atoms with Crippen LogP contribution in [0.25, 0.3) is 0 Å². The van der Waals surface area contributed by atoms with Crippen LogP contribution in [0.5, 0.6) is 11.5 Å². The normalized spacial score (nSPS) is 14.9. The third-order valence-electron chi connectivity index (χ3n) is 6.84. The number of hydrazone groups is 1. The third kappa shape index (κ3) is 3.40. The van der Waals surface area contributed by atoms with E-state index in [1.165, 1.54) is 0 Å². The SMILES string of the molecule is C=C(C)/C=N/N1C(=O)c2ccccc2C12c1cc(C)c(NCC)cc1Oc1cc(NCC)c(C)cc12. The van der Waals surface area contributed by atoms with Gasteiger partial charge in [0.05, 0.1) is 0 Å². The molecule has 2 N–H and O–H groups in total. The first-order valence-electron chi connectivity index (χ1n) is 12.4. The topological polar surface area (TPSA) is 66.0 Å². The molecule has 0 aromatic heterocycles. The second kappa shape index (κ2) is 8.86. The summed E-state index contributed by atoms with van der Waals surface area (Å²) in [5.74, 6) is 1.26. The van der Waals surface area contributed by atoms with Gasteiger partial charge in [-0.15, -0.1) is 0 Å². The quantitative estimate of drug-likeness (QED) is 0.391. The molecule has 0 radical (unpaired) electrons. The maximum absolute atomic E-state index is 13.9. The summed E-state index contributed by atoms with van der Waals surface area (Å²) in [6, 6.07) is 16.1. The molecule has 2 aliphatic rings. The number of carbonyl (C=O) groups excluding carboxylic acids is 1. The van der Waals surface area contributed by atoms with Crippen LogP contribution in [0.3, 0.4) is 0 Å². The van der Waals surface area contributed by atoms with Crippen LogP contribution in [0, 0.1) is 13.8 Å². The Morgan fingerprint density at radius 3 is 2.06 bits per heavy atom. The maximum Gasteiger partial charge on any atom is 0.275 e. The van der Waals surface area contributed by atoms with Gasteiger partial charge in [-0.05, 0) is 69.5 Å². The van der Waals surface area contributed by atoms with E-state index in [1.54, 1.807) is 11.2 Å². The lowest BCUT2D eigenvalue weighted by Gasteiger charge is -2.42. The molecule has 0 unspecified atom stereocenters. The largest absolute Gasteiger partial charge is 0.456 e. The van der Waals surface area contributed by atoms with Gasteiger partial charge in [0.1, 0.15) is 17.0 Å². The first-order valence-corrected chi connectivity index (χ1v) is 12.4. The number of nitrogens with zero attached hydrogens (tertiary/aromatic N) is 2. The molecule has 184 valence electrons. The van der Waals surface area contributed by atoms with Crippen LogP contribution in [0.4, 0.5) is 11.4 Å². The van der Waals surface area contributed by atoms with Crippen LogP contribution in [-0.2, 0) is 5.54 Å². The number of nitrogens with one attached hydrogen (secondary N) is 2. The first kappa shape index (κ1) is 23.7. The van der Waals surface area contributed by atoms with E-state index in [-0.39, 0.29) is 5.91 Å². The Morgan fingerprint density at radius 2 is 1.53 bits per heavy atom. The summed E-state index contributed by atoms with van der Waals surface area (Å²) in [5.41, 5.74) is 7.25. The standard InChI is InChI=1S/C30H32N4O2/c1-7-31-25-15-27-23(13-19(25)5)30(24-14-20(6)26(32-8-2)16-28(24)36-27)22-12-10-9-11-21(22)29(35)34(30)33-17-18(3)4/h9-17,31-32H,3,7-8H2,1-2,4-6H3/b33-17+. The highest BCUT2D eigenvalue weighted by Gasteiger charge is 2.57. The van der Waals surface area contributed by atoms with Crippen molar-refractivity contribution >= 4 is 23.5 Å². The van der Waals surface area contributed by atoms with Crippen LogP contribution in [-0.4, -0.2) is 30.2 Å². The van der Waals surface area contributed by atoms with Gasteiger partial charge in [0, 0.05) is 65.1 Å². The highest BCUT2D eigenvalue weighted by atomic mass is 16.5. The third-order valence-corrected chi connectivity index (χ3v) is 6.84. The summed E-state index contributed by atoms with van der Waals surface area (Å²) in [6.07, 6.45) is 1.65. The fourth-order valence-corrected chi connectivity index (χ4v) is 5.32. The number of amides is 1. The Hall–Kier alpha value is -4.06. The molecule has 0 atom stereocenters. The van der Waals surface area contributed by atoms with E-state index in [0.717, 1.165) is 57.9 Å². The zero-order valence-electron chi connectivity index (χ0n) is 21.5.